The van der Waals surface area contributed by atoms with Crippen LogP contribution in [0.25, 0.3) is 0 Å². The molecule has 28 heavy (non-hydrogen) atoms. The highest BCUT2D eigenvalue weighted by molar-refractivity contribution is 5.88. The second-order valence-electron chi connectivity index (χ2n) is 7.90. The van der Waals surface area contributed by atoms with Gasteiger partial charge in [0.05, 0.1) is 0 Å². The second kappa shape index (κ2) is 18.8. The van der Waals surface area contributed by atoms with Gasteiger partial charge in [-0.2, -0.15) is 0 Å². The van der Waals surface area contributed by atoms with Crippen molar-refractivity contribution in [1.29, 1.82) is 0 Å². The number of urea groups is 1. The molecule has 0 aliphatic heterocycles. The van der Waals surface area contributed by atoms with E-state index in [0.717, 1.165) is 13.0 Å². The lowest BCUT2D eigenvalue weighted by molar-refractivity contribution is 0.252. The summed E-state index contributed by atoms with van der Waals surface area (Å²) in [6, 6.07) is 5.31. The molecule has 1 heterocycles. The Morgan fingerprint density at radius 3 is 1.71 bits per heavy atom. The van der Waals surface area contributed by atoms with Crippen LogP contribution in [0, 0.1) is 0 Å². The fourth-order valence-corrected chi connectivity index (χ4v) is 3.47. The molecule has 4 heteroatoms. The first-order valence-electron chi connectivity index (χ1n) is 11.8. The van der Waals surface area contributed by atoms with Crippen LogP contribution in [0.1, 0.15) is 110 Å². The molecule has 160 valence electrons. The zero-order valence-corrected chi connectivity index (χ0v) is 18.2. The van der Waals surface area contributed by atoms with E-state index in [1.165, 1.54) is 96.3 Å². The normalized spacial score (nSPS) is 10.8. The highest BCUT2D eigenvalue weighted by atomic mass is 16.2. The fraction of sp³-hybridized carbons (Fsp3) is 0.750. The van der Waals surface area contributed by atoms with Crippen molar-refractivity contribution in [1.82, 2.24) is 10.3 Å². The standard InChI is InChI=1S/C24H43N3O/c1-2-3-4-5-6-7-8-9-10-11-12-13-14-15-16-18-22-26-24(28)27-23-20-17-19-21-25-23/h17,19-21H,2-16,18,22H2,1H3,(H2,25,26,27,28). The number of pyridine rings is 1. The lowest BCUT2D eigenvalue weighted by atomic mass is 10.0. The molecule has 0 saturated carbocycles. The largest absolute Gasteiger partial charge is 0.338 e. The second-order valence-corrected chi connectivity index (χ2v) is 7.90. The first-order valence-corrected chi connectivity index (χ1v) is 11.8. The van der Waals surface area contributed by atoms with Crippen molar-refractivity contribution >= 4 is 11.8 Å². The predicted octanol–water partition coefficient (Wildman–Crippen LogP) is 7.46. The predicted molar refractivity (Wildman–Crippen MR) is 121 cm³/mol. The molecule has 0 unspecified atom stereocenters. The molecular formula is C24H43N3O. The molecule has 0 bridgehead atoms. The highest BCUT2D eigenvalue weighted by Gasteiger charge is 2.00. The van der Waals surface area contributed by atoms with Crippen LogP contribution in [-0.4, -0.2) is 17.6 Å². The molecule has 4 nitrogen and oxygen atoms in total. The lowest BCUT2D eigenvalue weighted by Crippen LogP contribution is -2.29. The van der Waals surface area contributed by atoms with Crippen LogP contribution in [0.2, 0.25) is 0 Å². The fourth-order valence-electron chi connectivity index (χ4n) is 3.47. The number of anilines is 1. The Hall–Kier alpha value is -1.58. The summed E-state index contributed by atoms with van der Waals surface area (Å²) in [7, 11) is 0. The Bertz CT molecular complexity index is 464. The van der Waals surface area contributed by atoms with E-state index in [4.69, 9.17) is 0 Å². The summed E-state index contributed by atoms with van der Waals surface area (Å²) in [5.41, 5.74) is 0. The Balaban J connectivity index is 1.74. The van der Waals surface area contributed by atoms with Crippen molar-refractivity contribution in [2.45, 2.75) is 110 Å². The van der Waals surface area contributed by atoms with Crippen molar-refractivity contribution in [2.75, 3.05) is 11.9 Å². The van der Waals surface area contributed by atoms with Gasteiger partial charge in [0.2, 0.25) is 0 Å². The van der Waals surface area contributed by atoms with Gasteiger partial charge in [-0.25, -0.2) is 9.78 Å². The summed E-state index contributed by atoms with van der Waals surface area (Å²) in [6.45, 7) is 3.01. The van der Waals surface area contributed by atoms with Crippen molar-refractivity contribution < 1.29 is 4.79 Å². The summed E-state index contributed by atoms with van der Waals surface area (Å²) in [5, 5.41) is 5.63. The van der Waals surface area contributed by atoms with E-state index in [0.29, 0.717) is 5.82 Å². The third-order valence-electron chi connectivity index (χ3n) is 5.22. The Morgan fingerprint density at radius 2 is 1.25 bits per heavy atom. The topological polar surface area (TPSA) is 54.0 Å². The van der Waals surface area contributed by atoms with Gasteiger partial charge >= 0.3 is 6.03 Å². The average Bonchev–Trinajstić information content (AvgIpc) is 2.71. The van der Waals surface area contributed by atoms with Crippen LogP contribution in [-0.2, 0) is 0 Å². The molecule has 0 atom stereocenters. The van der Waals surface area contributed by atoms with Crippen molar-refractivity contribution in [3.8, 4) is 0 Å². The summed E-state index contributed by atoms with van der Waals surface area (Å²) in [4.78, 5) is 15.8. The summed E-state index contributed by atoms with van der Waals surface area (Å²) in [5.74, 6) is 0.590. The Kier molecular flexibility index (Phi) is 16.4. The lowest BCUT2D eigenvalue weighted by Gasteiger charge is -2.07. The minimum Gasteiger partial charge on any atom is -0.338 e. The van der Waals surface area contributed by atoms with Crippen LogP contribution in [0.15, 0.2) is 24.4 Å². The quantitative estimate of drug-likeness (QED) is 0.256. The third kappa shape index (κ3) is 15.5. The van der Waals surface area contributed by atoms with Gasteiger partial charge in [0.25, 0.3) is 0 Å². The van der Waals surface area contributed by atoms with E-state index in [2.05, 4.69) is 22.5 Å². The van der Waals surface area contributed by atoms with Gasteiger partial charge in [-0.1, -0.05) is 109 Å². The molecule has 0 aromatic carbocycles. The number of carbonyl (C=O) groups is 1. The number of unbranched alkanes of at least 4 members (excludes halogenated alkanes) is 15. The van der Waals surface area contributed by atoms with Gasteiger partial charge < -0.3 is 5.32 Å². The smallest absolute Gasteiger partial charge is 0.320 e. The van der Waals surface area contributed by atoms with Crippen molar-refractivity contribution in [3.05, 3.63) is 24.4 Å². The average molecular weight is 390 g/mol. The number of carbonyl (C=O) groups excluding carboxylic acids is 1. The van der Waals surface area contributed by atoms with E-state index in [9.17, 15) is 4.79 Å². The van der Waals surface area contributed by atoms with Gasteiger partial charge in [0, 0.05) is 12.7 Å². The molecule has 1 aromatic rings. The molecule has 2 N–H and O–H groups in total. The first kappa shape index (κ1) is 24.5. The van der Waals surface area contributed by atoms with E-state index in [1.807, 2.05) is 12.1 Å². The van der Waals surface area contributed by atoms with Crippen molar-refractivity contribution in [3.63, 3.8) is 0 Å². The number of hydrogen-bond acceptors (Lipinski definition) is 2. The molecule has 0 radical (unpaired) electrons. The maximum atomic E-state index is 11.7. The molecule has 0 fully saturated rings. The summed E-state index contributed by atoms with van der Waals surface area (Å²) in [6.07, 6.45) is 23.5. The van der Waals surface area contributed by atoms with Gasteiger partial charge in [0.15, 0.2) is 0 Å². The minimum absolute atomic E-state index is 0.167. The Labute approximate surface area is 173 Å². The zero-order valence-electron chi connectivity index (χ0n) is 18.2. The summed E-state index contributed by atoms with van der Waals surface area (Å²) >= 11 is 0. The molecular weight excluding hydrogens is 346 g/mol. The minimum atomic E-state index is -0.167. The number of nitrogens with one attached hydrogen (secondary N) is 2. The maximum absolute atomic E-state index is 11.7. The summed E-state index contributed by atoms with van der Waals surface area (Å²) < 4.78 is 0. The van der Waals surface area contributed by atoms with Gasteiger partial charge in [-0.3, -0.25) is 5.32 Å². The molecule has 2 amide bonds. The van der Waals surface area contributed by atoms with E-state index in [1.54, 1.807) is 12.3 Å². The molecule has 0 saturated heterocycles. The van der Waals surface area contributed by atoms with Gasteiger partial charge in [-0.05, 0) is 18.6 Å². The van der Waals surface area contributed by atoms with Crippen molar-refractivity contribution in [2.24, 2.45) is 0 Å². The number of hydrogen-bond donors (Lipinski definition) is 2. The monoisotopic (exact) mass is 389 g/mol. The van der Waals surface area contributed by atoms with Gasteiger partial charge in [-0.15, -0.1) is 0 Å². The van der Waals surface area contributed by atoms with Crippen LogP contribution < -0.4 is 10.6 Å². The molecule has 0 aliphatic rings. The van der Waals surface area contributed by atoms with Crippen LogP contribution in [0.5, 0.6) is 0 Å². The molecule has 0 aliphatic carbocycles. The highest BCUT2D eigenvalue weighted by Crippen LogP contribution is 2.13. The zero-order chi connectivity index (χ0) is 20.1. The number of rotatable bonds is 18. The molecule has 0 spiro atoms. The van der Waals surface area contributed by atoms with Gasteiger partial charge in [0.1, 0.15) is 5.82 Å². The number of aromatic nitrogens is 1. The van der Waals surface area contributed by atoms with E-state index >= 15 is 0 Å². The Morgan fingerprint density at radius 1 is 0.750 bits per heavy atom. The maximum Gasteiger partial charge on any atom is 0.320 e. The molecule has 1 rings (SSSR count). The van der Waals surface area contributed by atoms with Crippen LogP contribution >= 0.6 is 0 Å². The third-order valence-corrected chi connectivity index (χ3v) is 5.22. The van der Waals surface area contributed by atoms with E-state index < -0.39 is 0 Å². The van der Waals surface area contributed by atoms with E-state index in [-0.39, 0.29) is 6.03 Å². The SMILES string of the molecule is CCCCCCCCCCCCCCCCCCNC(=O)Nc1ccccn1. The number of amides is 2. The van der Waals surface area contributed by atoms with Crippen LogP contribution in [0.4, 0.5) is 10.6 Å². The first-order chi connectivity index (χ1) is 13.8. The number of nitrogens with zero attached hydrogens (tertiary/aromatic N) is 1. The molecule has 1 aromatic heterocycles. The van der Waals surface area contributed by atoms with Crippen LogP contribution in [0.3, 0.4) is 0 Å².